The van der Waals surface area contributed by atoms with Gasteiger partial charge in [-0.25, -0.2) is 0 Å². The molecule has 1 saturated carbocycles. The zero-order chi connectivity index (χ0) is 15.1. The summed E-state index contributed by atoms with van der Waals surface area (Å²) < 4.78 is 12.2. The summed E-state index contributed by atoms with van der Waals surface area (Å²) >= 11 is 0. The lowest BCUT2D eigenvalue weighted by molar-refractivity contribution is 0.00578. The third-order valence-corrected chi connectivity index (χ3v) is 5.51. The smallest absolute Gasteiger partial charge is 0.403 e. The van der Waals surface area contributed by atoms with Crippen LogP contribution in [0.4, 0.5) is 0 Å². The Morgan fingerprint density at radius 3 is 2.24 bits per heavy atom. The maximum absolute atomic E-state index is 6.10. The molecule has 1 aliphatic heterocycles. The van der Waals surface area contributed by atoms with Crippen molar-refractivity contribution in [3.63, 3.8) is 0 Å². The number of aryl methyl sites for hydroxylation is 1. The van der Waals surface area contributed by atoms with Crippen LogP contribution in [0, 0.1) is 11.8 Å². The van der Waals surface area contributed by atoms with Crippen molar-refractivity contribution in [3.8, 4) is 0 Å². The minimum atomic E-state index is -0.188. The Labute approximate surface area is 129 Å². The highest BCUT2D eigenvalue weighted by Crippen LogP contribution is 2.48. The molecule has 2 atom stereocenters. The van der Waals surface area contributed by atoms with Gasteiger partial charge in [-0.2, -0.15) is 0 Å². The second-order valence-electron chi connectivity index (χ2n) is 7.70. The van der Waals surface area contributed by atoms with Crippen molar-refractivity contribution in [2.75, 3.05) is 0 Å². The third-order valence-electron chi connectivity index (χ3n) is 5.51. The van der Waals surface area contributed by atoms with Crippen LogP contribution in [-0.2, 0) is 15.7 Å². The molecule has 3 rings (SSSR count). The van der Waals surface area contributed by atoms with Crippen LogP contribution in [0.3, 0.4) is 0 Å². The van der Waals surface area contributed by atoms with Gasteiger partial charge >= 0.3 is 7.12 Å². The molecule has 2 nitrogen and oxygen atoms in total. The van der Waals surface area contributed by atoms with Gasteiger partial charge in [0.05, 0.1) is 11.2 Å². The van der Waals surface area contributed by atoms with Gasteiger partial charge < -0.3 is 9.31 Å². The summed E-state index contributed by atoms with van der Waals surface area (Å²) in [5, 5.41) is 0. The molecular formula is C18H27BO2. The standard InChI is InChI=1S/C18H27BO2/c1-17(2)18(3,4)21-19(20-17)13-16-12-15(16)11-10-14-8-6-5-7-9-14/h5-9,15-16H,10-13H2,1-4H3. The monoisotopic (exact) mass is 286 g/mol. The lowest BCUT2D eigenvalue weighted by atomic mass is 9.81. The summed E-state index contributed by atoms with van der Waals surface area (Å²) in [6.07, 6.45) is 4.91. The Balaban J connectivity index is 1.43. The molecule has 0 spiro atoms. The Morgan fingerprint density at radius 1 is 1.00 bits per heavy atom. The van der Waals surface area contributed by atoms with Gasteiger partial charge in [0.15, 0.2) is 0 Å². The average molecular weight is 286 g/mol. The quantitative estimate of drug-likeness (QED) is 0.749. The maximum Gasteiger partial charge on any atom is 0.458 e. The molecule has 2 fully saturated rings. The van der Waals surface area contributed by atoms with E-state index in [1.54, 1.807) is 0 Å². The van der Waals surface area contributed by atoms with Crippen molar-refractivity contribution in [3.05, 3.63) is 35.9 Å². The van der Waals surface area contributed by atoms with Crippen molar-refractivity contribution in [2.24, 2.45) is 11.8 Å². The topological polar surface area (TPSA) is 18.5 Å². The van der Waals surface area contributed by atoms with E-state index >= 15 is 0 Å². The van der Waals surface area contributed by atoms with Crippen molar-refractivity contribution in [1.29, 1.82) is 0 Å². The number of hydrogen-bond acceptors (Lipinski definition) is 2. The zero-order valence-corrected chi connectivity index (χ0v) is 13.8. The van der Waals surface area contributed by atoms with E-state index in [0.29, 0.717) is 0 Å². The Kier molecular flexibility index (Phi) is 3.92. The highest BCUT2D eigenvalue weighted by atomic mass is 16.7. The van der Waals surface area contributed by atoms with Gasteiger partial charge in [0, 0.05) is 0 Å². The minimum absolute atomic E-state index is 0.0123. The molecule has 0 bridgehead atoms. The van der Waals surface area contributed by atoms with E-state index in [0.717, 1.165) is 18.2 Å². The predicted molar refractivity (Wildman–Crippen MR) is 87.2 cm³/mol. The second-order valence-corrected chi connectivity index (χ2v) is 7.70. The number of benzene rings is 1. The summed E-state index contributed by atoms with van der Waals surface area (Å²) in [6, 6.07) is 10.8. The first-order chi connectivity index (χ1) is 9.87. The number of hydrogen-bond donors (Lipinski definition) is 0. The second kappa shape index (κ2) is 5.44. The molecule has 2 unspecified atom stereocenters. The van der Waals surface area contributed by atoms with Crippen molar-refractivity contribution in [1.82, 2.24) is 0 Å². The fourth-order valence-corrected chi connectivity index (χ4v) is 3.26. The Bertz CT molecular complexity index is 467. The van der Waals surface area contributed by atoms with E-state index in [1.807, 2.05) is 0 Å². The fraction of sp³-hybridized carbons (Fsp3) is 0.667. The van der Waals surface area contributed by atoms with E-state index in [1.165, 1.54) is 24.8 Å². The summed E-state index contributed by atoms with van der Waals surface area (Å²) in [6.45, 7) is 8.53. The largest absolute Gasteiger partial charge is 0.458 e. The molecule has 1 aliphatic carbocycles. The van der Waals surface area contributed by atoms with E-state index in [4.69, 9.17) is 9.31 Å². The number of rotatable bonds is 5. The van der Waals surface area contributed by atoms with Gasteiger partial charge in [0.2, 0.25) is 0 Å². The van der Waals surface area contributed by atoms with E-state index < -0.39 is 0 Å². The van der Waals surface area contributed by atoms with Gasteiger partial charge in [-0.05, 0) is 70.7 Å². The van der Waals surface area contributed by atoms with Crippen molar-refractivity contribution in [2.45, 2.75) is 64.5 Å². The lowest BCUT2D eigenvalue weighted by Gasteiger charge is -2.32. The van der Waals surface area contributed by atoms with Gasteiger partial charge in [0.25, 0.3) is 0 Å². The Hall–Kier alpha value is -0.795. The molecule has 2 aliphatic rings. The van der Waals surface area contributed by atoms with Gasteiger partial charge in [-0.15, -0.1) is 0 Å². The van der Waals surface area contributed by atoms with Crippen LogP contribution in [0.25, 0.3) is 0 Å². The van der Waals surface area contributed by atoms with E-state index in [9.17, 15) is 0 Å². The summed E-state index contributed by atoms with van der Waals surface area (Å²) in [5.74, 6) is 1.66. The first-order valence-electron chi connectivity index (χ1n) is 8.27. The first kappa shape index (κ1) is 15.1. The molecule has 1 aromatic rings. The van der Waals surface area contributed by atoms with Crippen LogP contribution in [-0.4, -0.2) is 18.3 Å². The van der Waals surface area contributed by atoms with Crippen molar-refractivity contribution < 1.29 is 9.31 Å². The third kappa shape index (κ3) is 3.35. The first-order valence-corrected chi connectivity index (χ1v) is 8.27. The summed E-state index contributed by atoms with van der Waals surface area (Å²) in [4.78, 5) is 0. The van der Waals surface area contributed by atoms with Crippen LogP contribution < -0.4 is 0 Å². The summed E-state index contributed by atoms with van der Waals surface area (Å²) in [7, 11) is -0.0123. The molecular weight excluding hydrogens is 259 g/mol. The maximum atomic E-state index is 6.10. The average Bonchev–Trinajstić information content (AvgIpc) is 3.09. The van der Waals surface area contributed by atoms with Crippen LogP contribution in [0.5, 0.6) is 0 Å². The van der Waals surface area contributed by atoms with Crippen LogP contribution in [0.1, 0.15) is 46.1 Å². The molecule has 21 heavy (non-hydrogen) atoms. The van der Waals surface area contributed by atoms with Crippen LogP contribution >= 0.6 is 0 Å². The van der Waals surface area contributed by atoms with Crippen molar-refractivity contribution >= 4 is 7.12 Å². The molecule has 114 valence electrons. The molecule has 0 radical (unpaired) electrons. The van der Waals surface area contributed by atoms with Gasteiger partial charge in [0.1, 0.15) is 0 Å². The predicted octanol–water partition coefficient (Wildman–Crippen LogP) is 4.35. The molecule has 0 amide bonds. The SMILES string of the molecule is CC1(C)OB(CC2CC2CCc2ccccc2)OC1(C)C. The normalized spacial score (nSPS) is 29.6. The van der Waals surface area contributed by atoms with Crippen LogP contribution in [0.2, 0.25) is 6.32 Å². The highest BCUT2D eigenvalue weighted by molar-refractivity contribution is 6.45. The highest BCUT2D eigenvalue weighted by Gasteiger charge is 2.53. The summed E-state index contributed by atoms with van der Waals surface area (Å²) in [5.41, 5.74) is 1.08. The van der Waals surface area contributed by atoms with E-state index in [2.05, 4.69) is 58.0 Å². The molecule has 1 heterocycles. The van der Waals surface area contributed by atoms with Gasteiger partial charge in [-0.3, -0.25) is 0 Å². The molecule has 0 aromatic heterocycles. The van der Waals surface area contributed by atoms with Crippen LogP contribution in [0.15, 0.2) is 30.3 Å². The molecule has 1 aromatic carbocycles. The van der Waals surface area contributed by atoms with Gasteiger partial charge in [-0.1, -0.05) is 30.3 Å². The van der Waals surface area contributed by atoms with E-state index in [-0.39, 0.29) is 18.3 Å². The molecule has 1 saturated heterocycles. The fourth-order valence-electron chi connectivity index (χ4n) is 3.26. The minimum Gasteiger partial charge on any atom is -0.403 e. The molecule has 3 heteroatoms. The lowest BCUT2D eigenvalue weighted by Crippen LogP contribution is -2.41. The zero-order valence-electron chi connectivity index (χ0n) is 13.8. The molecule has 0 N–H and O–H groups in total. The Morgan fingerprint density at radius 2 is 1.62 bits per heavy atom.